The second kappa shape index (κ2) is 5.89. The molecule has 0 atom stereocenters. The second-order valence-electron chi connectivity index (χ2n) is 4.39. The normalized spacial score (nSPS) is 12.0. The van der Waals surface area contributed by atoms with Crippen molar-refractivity contribution >= 4 is 11.3 Å². The van der Waals surface area contributed by atoms with Crippen LogP contribution in [0.5, 0.6) is 0 Å². The lowest BCUT2D eigenvalue weighted by atomic mass is 9.99. The zero-order chi connectivity index (χ0) is 14.5. The van der Waals surface area contributed by atoms with Gasteiger partial charge in [-0.05, 0) is 29.7 Å². The van der Waals surface area contributed by atoms with E-state index in [2.05, 4.69) is 4.90 Å². The van der Waals surface area contributed by atoms with Gasteiger partial charge in [-0.3, -0.25) is 0 Å². The molecule has 98 valence electrons. The monoisotopic (exact) mass is 264 g/mol. The van der Waals surface area contributed by atoms with Gasteiger partial charge in [-0.2, -0.15) is 15.8 Å². The molecule has 0 amide bonds. The van der Waals surface area contributed by atoms with Crippen molar-refractivity contribution in [3.05, 3.63) is 34.9 Å². The van der Waals surface area contributed by atoms with Gasteiger partial charge in [0.15, 0.2) is 0 Å². The SMILES string of the molecule is N#CC(C#N)=C(C#N)c1ccc2c(c1)CCN2CCO. The highest BCUT2D eigenvalue weighted by atomic mass is 16.3. The number of nitriles is 3. The molecule has 2 rings (SSSR count). The van der Waals surface area contributed by atoms with E-state index in [1.165, 1.54) is 0 Å². The van der Waals surface area contributed by atoms with Gasteiger partial charge in [-0.15, -0.1) is 0 Å². The molecule has 0 unspecified atom stereocenters. The Morgan fingerprint density at radius 2 is 1.95 bits per heavy atom. The zero-order valence-electron chi connectivity index (χ0n) is 10.8. The summed E-state index contributed by atoms with van der Waals surface area (Å²) < 4.78 is 0. The van der Waals surface area contributed by atoms with Crippen molar-refractivity contribution in [1.29, 1.82) is 15.8 Å². The number of β-amino-alcohol motifs (C(OH)–C–C–N with tert-alkyl or cyclic N) is 1. The van der Waals surface area contributed by atoms with Gasteiger partial charge >= 0.3 is 0 Å². The Hall–Kier alpha value is -2.81. The van der Waals surface area contributed by atoms with E-state index in [1.54, 1.807) is 18.2 Å². The van der Waals surface area contributed by atoms with Crippen LogP contribution in [-0.2, 0) is 6.42 Å². The van der Waals surface area contributed by atoms with Crippen LogP contribution >= 0.6 is 0 Å². The molecule has 0 saturated carbocycles. The first-order valence-electron chi connectivity index (χ1n) is 6.18. The predicted molar refractivity (Wildman–Crippen MR) is 73.2 cm³/mol. The standard InChI is InChI=1S/C15H12N4O/c16-8-13(9-17)14(10-18)11-1-2-15-12(7-11)3-4-19(15)5-6-20/h1-2,7,20H,3-6H2. The molecule has 5 heteroatoms. The highest BCUT2D eigenvalue weighted by Crippen LogP contribution is 2.31. The summed E-state index contributed by atoms with van der Waals surface area (Å²) in [6.07, 6.45) is 0.830. The molecule has 1 aromatic carbocycles. The molecular formula is C15H12N4O. The minimum Gasteiger partial charge on any atom is -0.395 e. The van der Waals surface area contributed by atoms with E-state index >= 15 is 0 Å². The first kappa shape index (κ1) is 13.6. The number of hydrogen-bond acceptors (Lipinski definition) is 5. The topological polar surface area (TPSA) is 94.8 Å². The van der Waals surface area contributed by atoms with Crippen molar-refractivity contribution in [2.75, 3.05) is 24.6 Å². The van der Waals surface area contributed by atoms with Crippen molar-refractivity contribution in [3.63, 3.8) is 0 Å². The molecule has 0 aliphatic carbocycles. The van der Waals surface area contributed by atoms with Gasteiger partial charge in [0.05, 0.1) is 12.2 Å². The number of fused-ring (bicyclic) bond motifs is 1. The Bertz CT molecular complexity index is 669. The number of hydrogen-bond donors (Lipinski definition) is 1. The van der Waals surface area contributed by atoms with Crippen molar-refractivity contribution in [3.8, 4) is 18.2 Å². The van der Waals surface area contributed by atoms with Gasteiger partial charge < -0.3 is 10.0 Å². The summed E-state index contributed by atoms with van der Waals surface area (Å²) >= 11 is 0. The smallest absolute Gasteiger partial charge is 0.148 e. The fraction of sp³-hybridized carbons (Fsp3) is 0.267. The fourth-order valence-electron chi connectivity index (χ4n) is 2.38. The fourth-order valence-corrected chi connectivity index (χ4v) is 2.38. The third kappa shape index (κ3) is 2.34. The molecule has 0 radical (unpaired) electrons. The Morgan fingerprint density at radius 1 is 1.20 bits per heavy atom. The Labute approximate surface area is 117 Å². The van der Waals surface area contributed by atoms with Gasteiger partial charge in [0.1, 0.15) is 23.8 Å². The third-order valence-corrected chi connectivity index (χ3v) is 3.32. The minimum absolute atomic E-state index is 0.0948. The molecule has 1 aromatic rings. The molecular weight excluding hydrogens is 252 g/mol. The predicted octanol–water partition coefficient (Wildman–Crippen LogP) is 1.37. The van der Waals surface area contributed by atoms with E-state index in [0.29, 0.717) is 12.1 Å². The number of benzene rings is 1. The van der Waals surface area contributed by atoms with E-state index in [1.807, 2.05) is 18.2 Å². The minimum atomic E-state index is -0.169. The molecule has 0 bridgehead atoms. The van der Waals surface area contributed by atoms with Crippen molar-refractivity contribution < 1.29 is 5.11 Å². The molecule has 1 N–H and O–H groups in total. The lowest BCUT2D eigenvalue weighted by Crippen LogP contribution is -2.23. The van der Waals surface area contributed by atoms with Crippen molar-refractivity contribution in [2.24, 2.45) is 0 Å². The average Bonchev–Trinajstić information content (AvgIpc) is 2.87. The maximum absolute atomic E-state index is 9.14. The van der Waals surface area contributed by atoms with Crippen molar-refractivity contribution in [2.45, 2.75) is 6.42 Å². The first-order chi connectivity index (χ1) is 9.74. The van der Waals surface area contributed by atoms with E-state index in [-0.39, 0.29) is 17.8 Å². The summed E-state index contributed by atoms with van der Waals surface area (Å²) in [7, 11) is 0. The van der Waals surface area contributed by atoms with E-state index < -0.39 is 0 Å². The van der Waals surface area contributed by atoms with E-state index in [4.69, 9.17) is 20.9 Å². The van der Waals surface area contributed by atoms with Crippen LogP contribution in [0.2, 0.25) is 0 Å². The zero-order valence-corrected chi connectivity index (χ0v) is 10.8. The Kier molecular flexibility index (Phi) is 4.01. The van der Waals surface area contributed by atoms with Gasteiger partial charge in [0.25, 0.3) is 0 Å². The number of allylic oxidation sites excluding steroid dienone is 2. The maximum atomic E-state index is 9.14. The number of anilines is 1. The van der Waals surface area contributed by atoms with Crippen LogP contribution < -0.4 is 4.90 Å². The number of rotatable bonds is 3. The average molecular weight is 264 g/mol. The van der Waals surface area contributed by atoms with Crippen LogP contribution in [0.25, 0.3) is 5.57 Å². The Balaban J connectivity index is 2.45. The molecule has 0 saturated heterocycles. The summed E-state index contributed by atoms with van der Waals surface area (Å²) in [5, 5.41) is 35.9. The summed E-state index contributed by atoms with van der Waals surface area (Å²) in [6.45, 7) is 1.50. The molecule has 20 heavy (non-hydrogen) atoms. The lowest BCUT2D eigenvalue weighted by Gasteiger charge is -2.17. The van der Waals surface area contributed by atoms with Crippen LogP contribution in [0.4, 0.5) is 5.69 Å². The van der Waals surface area contributed by atoms with Gasteiger partial charge in [-0.1, -0.05) is 6.07 Å². The van der Waals surface area contributed by atoms with Crippen LogP contribution in [-0.4, -0.2) is 24.8 Å². The van der Waals surface area contributed by atoms with Gasteiger partial charge in [0, 0.05) is 18.8 Å². The molecule has 1 aliphatic rings. The molecule has 1 aliphatic heterocycles. The second-order valence-corrected chi connectivity index (χ2v) is 4.39. The summed E-state index contributed by atoms with van der Waals surface area (Å²) in [5.41, 5.74) is 2.64. The summed E-state index contributed by atoms with van der Waals surface area (Å²) in [6, 6.07) is 10.9. The molecule has 0 fully saturated rings. The highest BCUT2D eigenvalue weighted by molar-refractivity contribution is 5.85. The molecule has 0 aromatic heterocycles. The van der Waals surface area contributed by atoms with Crippen LogP contribution in [0.3, 0.4) is 0 Å². The van der Waals surface area contributed by atoms with E-state index in [9.17, 15) is 0 Å². The molecule has 1 heterocycles. The van der Waals surface area contributed by atoms with E-state index in [0.717, 1.165) is 24.2 Å². The Morgan fingerprint density at radius 3 is 2.55 bits per heavy atom. The van der Waals surface area contributed by atoms with Crippen LogP contribution in [0, 0.1) is 34.0 Å². The highest BCUT2D eigenvalue weighted by Gasteiger charge is 2.20. The number of nitrogens with zero attached hydrogens (tertiary/aromatic N) is 4. The summed E-state index contributed by atoms with van der Waals surface area (Å²) in [4.78, 5) is 2.07. The largest absolute Gasteiger partial charge is 0.395 e. The lowest BCUT2D eigenvalue weighted by molar-refractivity contribution is 0.303. The molecule has 5 nitrogen and oxygen atoms in total. The number of aliphatic hydroxyl groups excluding tert-OH is 1. The summed E-state index contributed by atoms with van der Waals surface area (Å²) in [5.74, 6) is 0. The van der Waals surface area contributed by atoms with Gasteiger partial charge in [0.2, 0.25) is 0 Å². The van der Waals surface area contributed by atoms with Gasteiger partial charge in [-0.25, -0.2) is 0 Å². The van der Waals surface area contributed by atoms with Crippen LogP contribution in [0.15, 0.2) is 23.8 Å². The van der Waals surface area contributed by atoms with Crippen LogP contribution in [0.1, 0.15) is 11.1 Å². The quantitative estimate of drug-likeness (QED) is 0.832. The van der Waals surface area contributed by atoms with Crippen molar-refractivity contribution in [1.82, 2.24) is 0 Å². The number of aliphatic hydroxyl groups is 1. The first-order valence-corrected chi connectivity index (χ1v) is 6.18. The maximum Gasteiger partial charge on any atom is 0.148 e. The third-order valence-electron chi connectivity index (χ3n) is 3.32. The molecule has 0 spiro atoms.